The second kappa shape index (κ2) is 4.34. The Morgan fingerprint density at radius 3 is 2.64 bits per heavy atom. The van der Waals surface area contributed by atoms with Gasteiger partial charge in [-0.15, -0.1) is 0 Å². The third-order valence-electron chi connectivity index (χ3n) is 6.32. The number of nitrogens with zero attached hydrogens (tertiary/aromatic N) is 2. The lowest BCUT2D eigenvalue weighted by Gasteiger charge is -2.58. The first-order valence-electron chi connectivity index (χ1n) is 8.67. The Morgan fingerprint density at radius 1 is 1.27 bits per heavy atom. The van der Waals surface area contributed by atoms with Gasteiger partial charge in [-0.25, -0.2) is 0 Å². The number of hydrogen-bond donors (Lipinski definition) is 2. The second-order valence-electron chi connectivity index (χ2n) is 8.13. The summed E-state index contributed by atoms with van der Waals surface area (Å²) >= 11 is 0. The molecule has 5 aliphatic carbocycles. The molecule has 6 rings (SSSR count). The Labute approximate surface area is 130 Å². The van der Waals surface area contributed by atoms with E-state index in [-0.39, 0.29) is 11.9 Å². The lowest BCUT2D eigenvalue weighted by Crippen LogP contribution is -2.61. The summed E-state index contributed by atoms with van der Waals surface area (Å²) < 4.78 is 1.93. The Balaban J connectivity index is 1.32. The molecule has 1 aromatic rings. The fourth-order valence-corrected chi connectivity index (χ4v) is 5.45. The van der Waals surface area contributed by atoms with Crippen molar-refractivity contribution in [3.8, 4) is 0 Å². The third kappa shape index (κ3) is 2.02. The van der Waals surface area contributed by atoms with Crippen LogP contribution >= 0.6 is 0 Å². The molecule has 0 spiro atoms. The molecule has 1 aromatic heterocycles. The SMILES string of the molecule is O=C(NC1C2CC3CC1CC(O)(C3)C2)c1cnn(C2CC2)c1. The van der Waals surface area contributed by atoms with Crippen molar-refractivity contribution in [2.45, 2.75) is 62.6 Å². The first-order valence-corrected chi connectivity index (χ1v) is 8.67. The van der Waals surface area contributed by atoms with Crippen LogP contribution in [-0.2, 0) is 0 Å². The number of nitrogens with one attached hydrogen (secondary N) is 1. The maximum absolute atomic E-state index is 12.5. The summed E-state index contributed by atoms with van der Waals surface area (Å²) in [7, 11) is 0. The molecule has 2 atom stereocenters. The molecule has 0 aromatic carbocycles. The van der Waals surface area contributed by atoms with Gasteiger partial charge in [0.1, 0.15) is 0 Å². The number of hydrogen-bond acceptors (Lipinski definition) is 3. The summed E-state index contributed by atoms with van der Waals surface area (Å²) in [6, 6.07) is 0.755. The molecule has 4 bridgehead atoms. The van der Waals surface area contributed by atoms with Crippen molar-refractivity contribution in [1.82, 2.24) is 15.1 Å². The lowest BCUT2D eigenvalue weighted by molar-refractivity contribution is -0.136. The van der Waals surface area contributed by atoms with Crippen LogP contribution in [0, 0.1) is 17.8 Å². The fourth-order valence-electron chi connectivity index (χ4n) is 5.45. The standard InChI is InChI=1S/C17H23N3O2/c21-16(13-8-18-20(9-13)14-1-2-14)19-15-11-3-10-4-12(15)7-17(22,5-10)6-11/h8-12,14-15,22H,1-7H2,(H,19,21). The van der Waals surface area contributed by atoms with E-state index in [1.54, 1.807) is 6.20 Å². The van der Waals surface area contributed by atoms with Gasteiger partial charge in [0.05, 0.1) is 23.4 Å². The van der Waals surface area contributed by atoms with E-state index in [0.717, 1.165) is 19.3 Å². The van der Waals surface area contributed by atoms with Gasteiger partial charge in [-0.2, -0.15) is 5.10 Å². The highest BCUT2D eigenvalue weighted by molar-refractivity contribution is 5.94. The smallest absolute Gasteiger partial charge is 0.254 e. The Kier molecular flexibility index (Phi) is 2.59. The molecule has 1 heterocycles. The summed E-state index contributed by atoms with van der Waals surface area (Å²) in [6.07, 6.45) is 11.0. The average molecular weight is 301 g/mol. The minimum atomic E-state index is -0.436. The highest BCUT2D eigenvalue weighted by Gasteiger charge is 2.55. The van der Waals surface area contributed by atoms with Crippen molar-refractivity contribution < 1.29 is 9.90 Å². The molecule has 0 aliphatic heterocycles. The maximum Gasteiger partial charge on any atom is 0.254 e. The van der Waals surface area contributed by atoms with Crippen LogP contribution in [0.3, 0.4) is 0 Å². The Bertz CT molecular complexity index is 605. The van der Waals surface area contributed by atoms with Crippen LogP contribution in [0.25, 0.3) is 0 Å². The minimum absolute atomic E-state index is 0.0105. The van der Waals surface area contributed by atoms with E-state index in [2.05, 4.69) is 10.4 Å². The van der Waals surface area contributed by atoms with Crippen molar-refractivity contribution in [1.29, 1.82) is 0 Å². The van der Waals surface area contributed by atoms with Gasteiger partial charge in [-0.05, 0) is 62.7 Å². The van der Waals surface area contributed by atoms with Gasteiger partial charge in [0.2, 0.25) is 0 Å². The summed E-state index contributed by atoms with van der Waals surface area (Å²) in [5.41, 5.74) is 0.244. The normalized spacial score (nSPS) is 42.6. The maximum atomic E-state index is 12.5. The minimum Gasteiger partial charge on any atom is -0.390 e. The number of carbonyl (C=O) groups excluding carboxylic acids is 1. The molecule has 5 saturated carbocycles. The van der Waals surface area contributed by atoms with Gasteiger partial charge in [-0.1, -0.05) is 0 Å². The first-order chi connectivity index (χ1) is 10.6. The number of amides is 1. The molecule has 118 valence electrons. The number of carbonyl (C=O) groups is 1. The average Bonchev–Trinajstić information content (AvgIpc) is 3.18. The predicted molar refractivity (Wildman–Crippen MR) is 80.3 cm³/mol. The molecular weight excluding hydrogens is 278 g/mol. The van der Waals surface area contributed by atoms with Crippen LogP contribution in [0.5, 0.6) is 0 Å². The van der Waals surface area contributed by atoms with Crippen molar-refractivity contribution >= 4 is 5.91 Å². The van der Waals surface area contributed by atoms with E-state index in [1.165, 1.54) is 25.7 Å². The van der Waals surface area contributed by atoms with Gasteiger partial charge in [0.15, 0.2) is 0 Å². The molecule has 1 amide bonds. The topological polar surface area (TPSA) is 67.2 Å². The number of aromatic nitrogens is 2. The summed E-state index contributed by atoms with van der Waals surface area (Å²) in [6.45, 7) is 0. The van der Waals surface area contributed by atoms with Crippen LogP contribution in [0.1, 0.15) is 61.3 Å². The van der Waals surface area contributed by atoms with Gasteiger partial charge < -0.3 is 10.4 Å². The van der Waals surface area contributed by atoms with E-state index in [9.17, 15) is 9.90 Å². The molecule has 0 saturated heterocycles. The lowest BCUT2D eigenvalue weighted by atomic mass is 9.52. The first kappa shape index (κ1) is 13.1. The zero-order chi connectivity index (χ0) is 14.9. The van der Waals surface area contributed by atoms with Crippen molar-refractivity contribution in [3.63, 3.8) is 0 Å². The molecule has 5 nitrogen and oxygen atoms in total. The highest BCUT2D eigenvalue weighted by atomic mass is 16.3. The van der Waals surface area contributed by atoms with Crippen LogP contribution in [0.2, 0.25) is 0 Å². The molecule has 22 heavy (non-hydrogen) atoms. The quantitative estimate of drug-likeness (QED) is 0.896. The molecule has 5 heteroatoms. The van der Waals surface area contributed by atoms with E-state index < -0.39 is 5.60 Å². The summed E-state index contributed by atoms with van der Waals surface area (Å²) in [5.74, 6) is 1.60. The van der Waals surface area contributed by atoms with Gasteiger partial charge in [0, 0.05) is 12.2 Å². The van der Waals surface area contributed by atoms with Crippen LogP contribution in [0.15, 0.2) is 12.4 Å². The molecule has 5 fully saturated rings. The zero-order valence-corrected chi connectivity index (χ0v) is 12.7. The Morgan fingerprint density at radius 2 is 2.00 bits per heavy atom. The van der Waals surface area contributed by atoms with Crippen LogP contribution < -0.4 is 5.32 Å². The fraction of sp³-hybridized carbons (Fsp3) is 0.765. The third-order valence-corrected chi connectivity index (χ3v) is 6.32. The van der Waals surface area contributed by atoms with Gasteiger partial charge in [-0.3, -0.25) is 9.48 Å². The van der Waals surface area contributed by atoms with E-state index in [4.69, 9.17) is 0 Å². The largest absolute Gasteiger partial charge is 0.390 e. The summed E-state index contributed by atoms with van der Waals surface area (Å²) in [4.78, 5) is 12.5. The van der Waals surface area contributed by atoms with Crippen molar-refractivity contribution in [2.24, 2.45) is 17.8 Å². The molecule has 0 radical (unpaired) electrons. The number of aliphatic hydroxyl groups is 1. The van der Waals surface area contributed by atoms with Crippen LogP contribution in [0.4, 0.5) is 0 Å². The molecule has 5 aliphatic rings. The van der Waals surface area contributed by atoms with Gasteiger partial charge >= 0.3 is 0 Å². The van der Waals surface area contributed by atoms with E-state index in [1.807, 2.05) is 10.9 Å². The van der Waals surface area contributed by atoms with Crippen LogP contribution in [-0.4, -0.2) is 32.4 Å². The Hall–Kier alpha value is -1.36. The monoisotopic (exact) mass is 301 g/mol. The molecule has 2 unspecified atom stereocenters. The van der Waals surface area contributed by atoms with Crippen molar-refractivity contribution in [3.05, 3.63) is 18.0 Å². The predicted octanol–water partition coefficient (Wildman–Crippen LogP) is 1.89. The second-order valence-corrected chi connectivity index (χ2v) is 8.13. The number of rotatable bonds is 3. The van der Waals surface area contributed by atoms with Crippen molar-refractivity contribution in [2.75, 3.05) is 0 Å². The highest BCUT2D eigenvalue weighted by Crippen LogP contribution is 2.55. The zero-order valence-electron chi connectivity index (χ0n) is 12.7. The molecular formula is C17H23N3O2. The van der Waals surface area contributed by atoms with E-state index in [0.29, 0.717) is 29.4 Å². The van der Waals surface area contributed by atoms with Gasteiger partial charge in [0.25, 0.3) is 5.91 Å². The summed E-state index contributed by atoms with van der Waals surface area (Å²) in [5, 5.41) is 18.2. The molecule has 2 N–H and O–H groups in total. The van der Waals surface area contributed by atoms with E-state index >= 15 is 0 Å².